The maximum atomic E-state index is 4.73. The van der Waals surface area contributed by atoms with E-state index < -0.39 is 0 Å². The van der Waals surface area contributed by atoms with Gasteiger partial charge in [0.2, 0.25) is 5.95 Å². The summed E-state index contributed by atoms with van der Waals surface area (Å²) in [6.07, 6.45) is 2.90. The molecule has 1 aromatic carbocycles. The van der Waals surface area contributed by atoms with E-state index in [1.54, 1.807) is 0 Å². The maximum Gasteiger partial charge on any atom is 0.224 e. The highest BCUT2D eigenvalue weighted by Crippen LogP contribution is 2.34. The van der Waals surface area contributed by atoms with Gasteiger partial charge in [0.1, 0.15) is 5.82 Å². The van der Waals surface area contributed by atoms with Gasteiger partial charge in [0.05, 0.1) is 0 Å². The number of nitrogens with zero attached hydrogens (tertiary/aromatic N) is 3. The van der Waals surface area contributed by atoms with E-state index >= 15 is 0 Å². The van der Waals surface area contributed by atoms with Crippen LogP contribution < -0.4 is 10.2 Å². The molecular formula is C19H26N4. The van der Waals surface area contributed by atoms with Crippen molar-refractivity contribution in [2.45, 2.75) is 52.1 Å². The third kappa shape index (κ3) is 3.31. The van der Waals surface area contributed by atoms with Crippen molar-refractivity contribution in [3.05, 3.63) is 47.7 Å². The fourth-order valence-electron chi connectivity index (χ4n) is 3.22. The van der Waals surface area contributed by atoms with Gasteiger partial charge < -0.3 is 10.2 Å². The van der Waals surface area contributed by atoms with Crippen molar-refractivity contribution in [2.75, 3.05) is 16.8 Å². The summed E-state index contributed by atoms with van der Waals surface area (Å²) in [4.78, 5) is 11.4. The number of benzene rings is 1. The van der Waals surface area contributed by atoms with Gasteiger partial charge in [0.25, 0.3) is 0 Å². The molecule has 122 valence electrons. The van der Waals surface area contributed by atoms with E-state index in [-0.39, 0.29) is 5.41 Å². The second-order valence-corrected chi connectivity index (χ2v) is 7.09. The van der Waals surface area contributed by atoms with Crippen LogP contribution in [0.1, 0.15) is 45.2 Å². The summed E-state index contributed by atoms with van der Waals surface area (Å²) in [5.74, 6) is 1.71. The summed E-state index contributed by atoms with van der Waals surface area (Å²) in [6.45, 7) is 10.8. The molecule has 0 spiro atoms. The number of hydrogen-bond acceptors (Lipinski definition) is 4. The standard InChI is InChI=1S/C19H26N4/c1-5-14(2)21-18-20-11-10-17(22-18)23-12-15-8-6-7-9-16(15)19(3,4)13-23/h6-11,14H,5,12-13H2,1-4H3,(H,20,21,22)/t14-/m1/s1. The molecule has 4 nitrogen and oxygen atoms in total. The van der Waals surface area contributed by atoms with Gasteiger partial charge in [-0.25, -0.2) is 4.98 Å². The van der Waals surface area contributed by atoms with Crippen molar-refractivity contribution >= 4 is 11.8 Å². The van der Waals surface area contributed by atoms with Gasteiger partial charge in [-0.3, -0.25) is 0 Å². The summed E-state index contributed by atoms with van der Waals surface area (Å²) >= 11 is 0. The highest BCUT2D eigenvalue weighted by Gasteiger charge is 2.32. The average molecular weight is 310 g/mol. The van der Waals surface area contributed by atoms with Crippen LogP contribution in [0.3, 0.4) is 0 Å². The van der Waals surface area contributed by atoms with Crippen LogP contribution in [0.25, 0.3) is 0 Å². The largest absolute Gasteiger partial charge is 0.352 e. The van der Waals surface area contributed by atoms with Crippen LogP contribution in [0.15, 0.2) is 36.5 Å². The Labute approximate surface area is 139 Å². The molecule has 0 fully saturated rings. The quantitative estimate of drug-likeness (QED) is 0.927. The van der Waals surface area contributed by atoms with Gasteiger partial charge in [-0.05, 0) is 30.5 Å². The zero-order valence-corrected chi connectivity index (χ0v) is 14.5. The summed E-state index contributed by atoms with van der Waals surface area (Å²) in [5.41, 5.74) is 2.95. The molecule has 0 saturated carbocycles. The van der Waals surface area contributed by atoms with Crippen molar-refractivity contribution in [1.29, 1.82) is 0 Å². The highest BCUT2D eigenvalue weighted by molar-refractivity contribution is 5.49. The van der Waals surface area contributed by atoms with Gasteiger partial charge in [0, 0.05) is 30.7 Å². The molecule has 0 unspecified atom stereocenters. The minimum atomic E-state index is 0.115. The van der Waals surface area contributed by atoms with E-state index in [2.05, 4.69) is 67.2 Å². The highest BCUT2D eigenvalue weighted by atomic mass is 15.2. The fraction of sp³-hybridized carbons (Fsp3) is 0.474. The maximum absolute atomic E-state index is 4.73. The minimum Gasteiger partial charge on any atom is -0.352 e. The molecule has 4 heteroatoms. The molecule has 1 aliphatic rings. The van der Waals surface area contributed by atoms with Crippen molar-refractivity contribution in [1.82, 2.24) is 9.97 Å². The van der Waals surface area contributed by atoms with E-state index in [9.17, 15) is 0 Å². The molecule has 0 amide bonds. The van der Waals surface area contributed by atoms with Crippen LogP contribution in [0.5, 0.6) is 0 Å². The lowest BCUT2D eigenvalue weighted by atomic mass is 9.78. The molecule has 1 aliphatic heterocycles. The Hall–Kier alpha value is -2.10. The third-order valence-corrected chi connectivity index (χ3v) is 4.65. The first-order valence-corrected chi connectivity index (χ1v) is 8.42. The van der Waals surface area contributed by atoms with Crippen molar-refractivity contribution < 1.29 is 0 Å². The zero-order valence-electron chi connectivity index (χ0n) is 14.5. The molecule has 3 rings (SSSR count). The monoisotopic (exact) mass is 310 g/mol. The smallest absolute Gasteiger partial charge is 0.224 e. The summed E-state index contributed by atoms with van der Waals surface area (Å²) in [7, 11) is 0. The summed E-state index contributed by atoms with van der Waals surface area (Å²) in [5, 5.41) is 3.36. The molecule has 1 aromatic heterocycles. The van der Waals surface area contributed by atoms with Crippen LogP contribution in [0, 0.1) is 0 Å². The first-order valence-electron chi connectivity index (χ1n) is 8.42. The number of nitrogens with one attached hydrogen (secondary N) is 1. The summed E-state index contributed by atoms with van der Waals surface area (Å²) < 4.78 is 0. The predicted octanol–water partition coefficient (Wildman–Crippen LogP) is 3.98. The Morgan fingerprint density at radius 3 is 2.83 bits per heavy atom. The summed E-state index contributed by atoms with van der Waals surface area (Å²) in [6, 6.07) is 11.1. The number of rotatable bonds is 4. The molecule has 0 saturated heterocycles. The topological polar surface area (TPSA) is 41.1 Å². The predicted molar refractivity (Wildman–Crippen MR) is 95.9 cm³/mol. The molecule has 1 N–H and O–H groups in total. The van der Waals surface area contributed by atoms with E-state index in [0.29, 0.717) is 12.0 Å². The number of fused-ring (bicyclic) bond motifs is 1. The molecular weight excluding hydrogens is 284 g/mol. The van der Waals surface area contributed by atoms with Crippen LogP contribution in [0.2, 0.25) is 0 Å². The minimum absolute atomic E-state index is 0.115. The Morgan fingerprint density at radius 1 is 1.26 bits per heavy atom. The van der Waals surface area contributed by atoms with Crippen molar-refractivity contribution in [3.63, 3.8) is 0 Å². The van der Waals surface area contributed by atoms with Gasteiger partial charge in [-0.2, -0.15) is 4.98 Å². The van der Waals surface area contributed by atoms with Crippen LogP contribution in [-0.4, -0.2) is 22.6 Å². The van der Waals surface area contributed by atoms with Crippen molar-refractivity contribution in [2.24, 2.45) is 0 Å². The third-order valence-electron chi connectivity index (χ3n) is 4.65. The van der Waals surface area contributed by atoms with Gasteiger partial charge in [-0.1, -0.05) is 45.0 Å². The average Bonchev–Trinajstić information content (AvgIpc) is 2.54. The van der Waals surface area contributed by atoms with Gasteiger partial charge in [0.15, 0.2) is 0 Å². The second kappa shape index (κ2) is 6.19. The Balaban J connectivity index is 1.87. The van der Waals surface area contributed by atoms with E-state index in [0.717, 1.165) is 25.3 Å². The molecule has 0 aliphatic carbocycles. The van der Waals surface area contributed by atoms with E-state index in [1.165, 1.54) is 11.1 Å². The van der Waals surface area contributed by atoms with Crippen LogP contribution >= 0.6 is 0 Å². The lowest BCUT2D eigenvalue weighted by Gasteiger charge is -2.40. The van der Waals surface area contributed by atoms with Crippen LogP contribution in [-0.2, 0) is 12.0 Å². The SMILES string of the molecule is CC[C@@H](C)Nc1nccc(N2Cc3ccccc3C(C)(C)C2)n1. The normalized spacial score (nSPS) is 17.5. The number of anilines is 2. The molecule has 2 aromatic rings. The van der Waals surface area contributed by atoms with E-state index in [1.807, 2.05) is 12.3 Å². The second-order valence-electron chi connectivity index (χ2n) is 7.09. The number of hydrogen-bond donors (Lipinski definition) is 1. The Bertz CT molecular complexity index is 681. The Morgan fingerprint density at radius 2 is 2.04 bits per heavy atom. The lowest BCUT2D eigenvalue weighted by Crippen LogP contribution is -2.42. The van der Waals surface area contributed by atoms with E-state index in [4.69, 9.17) is 4.98 Å². The first kappa shape index (κ1) is 15.8. The van der Waals surface area contributed by atoms with Crippen LogP contribution in [0.4, 0.5) is 11.8 Å². The molecule has 0 bridgehead atoms. The zero-order chi connectivity index (χ0) is 16.4. The molecule has 1 atom stereocenters. The van der Waals surface area contributed by atoms with Gasteiger partial charge in [-0.15, -0.1) is 0 Å². The van der Waals surface area contributed by atoms with Gasteiger partial charge >= 0.3 is 0 Å². The first-order chi connectivity index (χ1) is 11.0. The fourth-order valence-corrected chi connectivity index (χ4v) is 3.22. The Kier molecular flexibility index (Phi) is 4.24. The van der Waals surface area contributed by atoms with Crippen molar-refractivity contribution in [3.8, 4) is 0 Å². The molecule has 23 heavy (non-hydrogen) atoms. The number of aromatic nitrogens is 2. The molecule has 2 heterocycles. The molecule has 0 radical (unpaired) electrons. The lowest BCUT2D eigenvalue weighted by molar-refractivity contribution is 0.474.